The molecule has 0 spiro atoms. The lowest BCUT2D eigenvalue weighted by Gasteiger charge is -2.23. The lowest BCUT2D eigenvalue weighted by molar-refractivity contribution is -0.141. The van der Waals surface area contributed by atoms with E-state index in [1.54, 1.807) is 7.11 Å². The van der Waals surface area contributed by atoms with Crippen LogP contribution in [0.4, 0.5) is 0 Å². The maximum absolute atomic E-state index is 12.6. The van der Waals surface area contributed by atoms with Crippen LogP contribution in [0.2, 0.25) is 0 Å². The number of ether oxygens (including phenoxy) is 1. The summed E-state index contributed by atoms with van der Waals surface area (Å²) < 4.78 is 5.44. The van der Waals surface area contributed by atoms with Gasteiger partial charge in [-0.3, -0.25) is 9.59 Å². The maximum Gasteiger partial charge on any atom is 0.303 e. The van der Waals surface area contributed by atoms with Crippen molar-refractivity contribution >= 4 is 17.6 Å². The van der Waals surface area contributed by atoms with Crippen molar-refractivity contribution in [2.45, 2.75) is 25.3 Å². The molecule has 0 saturated carbocycles. The number of benzene rings is 2. The highest BCUT2D eigenvalue weighted by molar-refractivity contribution is 6.03. The Balaban J connectivity index is 1.94. The molecule has 0 radical (unpaired) electrons. The molecule has 6 heteroatoms. The Morgan fingerprint density at radius 3 is 2.50 bits per heavy atom. The van der Waals surface area contributed by atoms with Crippen LogP contribution < -0.4 is 4.74 Å². The van der Waals surface area contributed by atoms with Gasteiger partial charge in [0.05, 0.1) is 25.3 Å². The predicted molar refractivity (Wildman–Crippen MR) is 97.0 cm³/mol. The summed E-state index contributed by atoms with van der Waals surface area (Å²) in [5.41, 5.74) is 2.60. The number of carboxylic acid groups (broad SMARTS) is 1. The zero-order valence-corrected chi connectivity index (χ0v) is 14.5. The van der Waals surface area contributed by atoms with Crippen LogP contribution in [0.3, 0.4) is 0 Å². The molecule has 0 unspecified atom stereocenters. The van der Waals surface area contributed by atoms with Crippen LogP contribution in [-0.2, 0) is 9.59 Å². The summed E-state index contributed by atoms with van der Waals surface area (Å²) in [6, 6.07) is 16.8. The minimum Gasteiger partial charge on any atom is -0.496 e. The zero-order valence-electron chi connectivity index (χ0n) is 14.5. The minimum atomic E-state index is -1.00. The van der Waals surface area contributed by atoms with Crippen molar-refractivity contribution in [2.75, 3.05) is 7.11 Å². The van der Waals surface area contributed by atoms with Crippen molar-refractivity contribution in [3.63, 3.8) is 0 Å². The Kier molecular flexibility index (Phi) is 5.31. The summed E-state index contributed by atoms with van der Waals surface area (Å²) in [5.74, 6) is -0.633. The smallest absolute Gasteiger partial charge is 0.303 e. The molecular formula is C20H20N2O4. The quantitative estimate of drug-likeness (QED) is 0.865. The number of para-hydroxylation sites is 1. The van der Waals surface area contributed by atoms with Crippen LogP contribution in [0, 0.1) is 0 Å². The van der Waals surface area contributed by atoms with E-state index in [0.717, 1.165) is 16.8 Å². The number of carbonyl (C=O) groups excluding carboxylic acids is 1. The SMILES string of the molecule is COc1ccccc1[C@H]1CC(c2ccccc2)=NN1C(=O)CCC(=O)O. The molecular weight excluding hydrogens is 332 g/mol. The molecule has 1 amide bonds. The second-order valence-corrected chi connectivity index (χ2v) is 6.01. The van der Waals surface area contributed by atoms with E-state index >= 15 is 0 Å². The Morgan fingerprint density at radius 1 is 1.12 bits per heavy atom. The van der Waals surface area contributed by atoms with E-state index in [2.05, 4.69) is 5.10 Å². The van der Waals surface area contributed by atoms with Crippen LogP contribution in [0.25, 0.3) is 0 Å². The molecule has 0 aliphatic carbocycles. The van der Waals surface area contributed by atoms with E-state index in [9.17, 15) is 9.59 Å². The molecule has 134 valence electrons. The summed E-state index contributed by atoms with van der Waals surface area (Å²) in [7, 11) is 1.59. The van der Waals surface area contributed by atoms with Gasteiger partial charge in [-0.15, -0.1) is 0 Å². The monoisotopic (exact) mass is 352 g/mol. The van der Waals surface area contributed by atoms with Gasteiger partial charge in [0.2, 0.25) is 5.91 Å². The number of methoxy groups -OCH3 is 1. The number of carboxylic acids is 1. The van der Waals surface area contributed by atoms with Gasteiger partial charge in [-0.1, -0.05) is 48.5 Å². The van der Waals surface area contributed by atoms with Gasteiger partial charge in [0.1, 0.15) is 5.75 Å². The lowest BCUT2D eigenvalue weighted by atomic mass is 9.97. The van der Waals surface area contributed by atoms with Gasteiger partial charge in [0.25, 0.3) is 0 Å². The predicted octanol–water partition coefficient (Wildman–Crippen LogP) is 3.24. The standard InChI is InChI=1S/C20H20N2O4/c1-26-18-10-6-5-9-15(18)17-13-16(14-7-3-2-4-8-14)21-22(17)19(23)11-12-20(24)25/h2-10,17H,11-13H2,1H3,(H,24,25)/t17-/m1/s1. The third kappa shape index (κ3) is 3.74. The topological polar surface area (TPSA) is 79.2 Å². The number of hydrazone groups is 1. The van der Waals surface area contributed by atoms with Crippen molar-refractivity contribution < 1.29 is 19.4 Å². The number of aliphatic carboxylic acids is 1. The van der Waals surface area contributed by atoms with Crippen LogP contribution in [0.5, 0.6) is 5.75 Å². The summed E-state index contributed by atoms with van der Waals surface area (Å²) >= 11 is 0. The molecule has 1 N–H and O–H groups in total. The molecule has 2 aromatic carbocycles. The van der Waals surface area contributed by atoms with Gasteiger partial charge in [0.15, 0.2) is 0 Å². The molecule has 1 atom stereocenters. The first-order chi connectivity index (χ1) is 12.6. The Morgan fingerprint density at radius 2 is 1.81 bits per heavy atom. The molecule has 26 heavy (non-hydrogen) atoms. The average molecular weight is 352 g/mol. The van der Waals surface area contributed by atoms with Crippen molar-refractivity contribution in [3.05, 3.63) is 65.7 Å². The third-order valence-corrected chi connectivity index (χ3v) is 4.32. The number of hydrogen-bond acceptors (Lipinski definition) is 4. The van der Waals surface area contributed by atoms with Gasteiger partial charge in [-0.25, -0.2) is 5.01 Å². The van der Waals surface area contributed by atoms with E-state index in [0.29, 0.717) is 12.2 Å². The van der Waals surface area contributed by atoms with Gasteiger partial charge < -0.3 is 9.84 Å². The molecule has 1 aliphatic heterocycles. The molecule has 0 fully saturated rings. The van der Waals surface area contributed by atoms with Crippen LogP contribution >= 0.6 is 0 Å². The van der Waals surface area contributed by atoms with Crippen LogP contribution in [0.15, 0.2) is 59.7 Å². The van der Waals surface area contributed by atoms with E-state index in [1.165, 1.54) is 5.01 Å². The molecule has 0 aromatic heterocycles. The second kappa shape index (κ2) is 7.82. The summed E-state index contributed by atoms with van der Waals surface area (Å²) in [6.45, 7) is 0. The average Bonchev–Trinajstić information content (AvgIpc) is 3.12. The third-order valence-electron chi connectivity index (χ3n) is 4.32. The molecule has 1 aliphatic rings. The van der Waals surface area contributed by atoms with Crippen molar-refractivity contribution in [2.24, 2.45) is 5.10 Å². The summed E-state index contributed by atoms with van der Waals surface area (Å²) in [6.07, 6.45) is 0.236. The highest BCUT2D eigenvalue weighted by Gasteiger charge is 2.34. The summed E-state index contributed by atoms with van der Waals surface area (Å²) in [5, 5.41) is 14.8. The summed E-state index contributed by atoms with van der Waals surface area (Å²) in [4.78, 5) is 23.5. The first-order valence-electron chi connectivity index (χ1n) is 8.40. The molecule has 2 aromatic rings. The van der Waals surface area contributed by atoms with Gasteiger partial charge in [-0.05, 0) is 11.6 Å². The van der Waals surface area contributed by atoms with E-state index in [1.807, 2.05) is 54.6 Å². The zero-order chi connectivity index (χ0) is 18.5. The Hall–Kier alpha value is -3.15. The Labute approximate surface area is 151 Å². The van der Waals surface area contributed by atoms with Crippen LogP contribution in [0.1, 0.15) is 36.4 Å². The van der Waals surface area contributed by atoms with Crippen LogP contribution in [-0.4, -0.2) is 34.8 Å². The van der Waals surface area contributed by atoms with E-state index in [-0.39, 0.29) is 24.8 Å². The molecule has 3 rings (SSSR count). The highest BCUT2D eigenvalue weighted by Crippen LogP contribution is 2.37. The molecule has 0 saturated heterocycles. The molecule has 1 heterocycles. The lowest BCUT2D eigenvalue weighted by Crippen LogP contribution is -2.27. The maximum atomic E-state index is 12.6. The van der Waals surface area contributed by atoms with Gasteiger partial charge in [0, 0.05) is 18.4 Å². The molecule has 0 bridgehead atoms. The second-order valence-electron chi connectivity index (χ2n) is 6.01. The fourth-order valence-corrected chi connectivity index (χ4v) is 3.06. The van der Waals surface area contributed by atoms with Gasteiger partial charge in [-0.2, -0.15) is 5.10 Å². The number of rotatable bonds is 6. The largest absolute Gasteiger partial charge is 0.496 e. The van der Waals surface area contributed by atoms with Crippen molar-refractivity contribution in [1.29, 1.82) is 0 Å². The first kappa shape index (κ1) is 17.7. The fourth-order valence-electron chi connectivity index (χ4n) is 3.06. The Bertz CT molecular complexity index is 833. The first-order valence-corrected chi connectivity index (χ1v) is 8.40. The number of hydrogen-bond donors (Lipinski definition) is 1. The number of carbonyl (C=O) groups is 2. The van der Waals surface area contributed by atoms with Crippen molar-refractivity contribution in [1.82, 2.24) is 5.01 Å². The number of amides is 1. The minimum absolute atomic E-state index is 0.0907. The van der Waals surface area contributed by atoms with E-state index < -0.39 is 5.97 Å². The van der Waals surface area contributed by atoms with Crippen molar-refractivity contribution in [3.8, 4) is 5.75 Å². The normalized spacial score (nSPS) is 16.3. The number of nitrogens with zero attached hydrogens (tertiary/aromatic N) is 2. The van der Waals surface area contributed by atoms with Gasteiger partial charge >= 0.3 is 5.97 Å². The fraction of sp³-hybridized carbons (Fsp3) is 0.250. The van der Waals surface area contributed by atoms with E-state index in [4.69, 9.17) is 9.84 Å². The molecule has 6 nitrogen and oxygen atoms in total. The highest BCUT2D eigenvalue weighted by atomic mass is 16.5.